The zero-order valence-electron chi connectivity index (χ0n) is 9.30. The van der Waals surface area contributed by atoms with Crippen LogP contribution >= 0.6 is 11.3 Å². The fourth-order valence-corrected chi connectivity index (χ4v) is 2.92. The van der Waals surface area contributed by atoms with Crippen molar-refractivity contribution in [3.63, 3.8) is 0 Å². The topological polar surface area (TPSA) is 44.9 Å². The molecule has 1 heterocycles. The summed E-state index contributed by atoms with van der Waals surface area (Å²) in [4.78, 5) is 13.8. The van der Waals surface area contributed by atoms with Gasteiger partial charge in [-0.3, -0.25) is 4.79 Å². The fraction of sp³-hybridized carbons (Fsp3) is 0.727. The zero-order chi connectivity index (χ0) is 10.9. The molecule has 2 N–H and O–H groups in total. The molecule has 0 aromatic carbocycles. The molecular formula is C11H18N2OS. The molecule has 3 nitrogen and oxygen atoms in total. The highest BCUT2D eigenvalue weighted by Crippen LogP contribution is 2.37. The maximum atomic E-state index is 10.9. The maximum Gasteiger partial charge on any atom is 0.304 e. The van der Waals surface area contributed by atoms with Gasteiger partial charge in [-0.15, -0.1) is 0 Å². The number of thiazole rings is 1. The Morgan fingerprint density at radius 3 is 3.00 bits per heavy atom. The highest BCUT2D eigenvalue weighted by atomic mass is 32.1. The average Bonchev–Trinajstić information content (AvgIpc) is 2.69. The highest BCUT2D eigenvalue weighted by Gasteiger charge is 2.33. The molecule has 1 aliphatic carbocycles. The Labute approximate surface area is 93.9 Å². The zero-order valence-corrected chi connectivity index (χ0v) is 10.1. The van der Waals surface area contributed by atoms with Gasteiger partial charge in [-0.2, -0.15) is 0 Å². The fourth-order valence-electron chi connectivity index (χ4n) is 2.34. The predicted octanol–water partition coefficient (Wildman–Crippen LogP) is 2.10. The molecule has 1 aliphatic rings. The van der Waals surface area contributed by atoms with E-state index in [4.69, 9.17) is 0 Å². The van der Waals surface area contributed by atoms with Crippen LogP contribution in [-0.2, 0) is 6.54 Å². The van der Waals surface area contributed by atoms with Crippen LogP contribution in [0.5, 0.6) is 0 Å². The lowest BCUT2D eigenvalue weighted by atomic mass is 9.87. The van der Waals surface area contributed by atoms with E-state index in [1.54, 1.807) is 0 Å². The molecule has 1 fully saturated rings. The lowest BCUT2D eigenvalue weighted by molar-refractivity contribution is 0.282. The van der Waals surface area contributed by atoms with E-state index in [-0.39, 0.29) is 4.87 Å². The number of hydrogen-bond acceptors (Lipinski definition) is 3. The number of rotatable bonds is 3. The minimum Gasteiger partial charge on any atom is -0.315 e. The number of nitrogens with one attached hydrogen (secondary N) is 2. The summed E-state index contributed by atoms with van der Waals surface area (Å²) >= 11 is 1.24. The minimum atomic E-state index is 0.0393. The molecule has 1 saturated carbocycles. The van der Waals surface area contributed by atoms with Gasteiger partial charge in [0.05, 0.1) is 0 Å². The third kappa shape index (κ3) is 2.49. The molecule has 0 radical (unpaired) electrons. The third-order valence-electron chi connectivity index (χ3n) is 3.37. The smallest absolute Gasteiger partial charge is 0.304 e. The molecule has 0 saturated heterocycles. The van der Waals surface area contributed by atoms with Gasteiger partial charge >= 0.3 is 4.87 Å². The summed E-state index contributed by atoms with van der Waals surface area (Å²) in [5.41, 5.74) is 1.41. The molecule has 84 valence electrons. The summed E-state index contributed by atoms with van der Waals surface area (Å²) in [6, 6.07) is 0.584. The predicted molar refractivity (Wildman–Crippen MR) is 63.2 cm³/mol. The van der Waals surface area contributed by atoms with E-state index in [0.29, 0.717) is 11.5 Å². The van der Waals surface area contributed by atoms with Gasteiger partial charge in [0.2, 0.25) is 0 Å². The van der Waals surface area contributed by atoms with E-state index in [1.807, 2.05) is 5.38 Å². The molecule has 2 rings (SSSR count). The molecule has 1 unspecified atom stereocenters. The average molecular weight is 226 g/mol. The van der Waals surface area contributed by atoms with E-state index < -0.39 is 0 Å². The van der Waals surface area contributed by atoms with E-state index in [9.17, 15) is 4.79 Å². The monoisotopic (exact) mass is 226 g/mol. The quantitative estimate of drug-likeness (QED) is 0.829. The Bertz CT molecular complexity index is 380. The van der Waals surface area contributed by atoms with E-state index in [1.165, 1.54) is 30.6 Å². The second-order valence-corrected chi connectivity index (χ2v) is 5.83. The summed E-state index contributed by atoms with van der Waals surface area (Å²) in [5.74, 6) is 0. The van der Waals surface area contributed by atoms with Crippen LogP contribution < -0.4 is 10.2 Å². The molecule has 0 spiro atoms. The van der Waals surface area contributed by atoms with Gasteiger partial charge in [-0.25, -0.2) is 0 Å². The van der Waals surface area contributed by atoms with Gasteiger partial charge in [0.25, 0.3) is 0 Å². The van der Waals surface area contributed by atoms with Gasteiger partial charge in [0.1, 0.15) is 0 Å². The summed E-state index contributed by atoms with van der Waals surface area (Å²) in [6.45, 7) is 5.41. The largest absolute Gasteiger partial charge is 0.315 e. The Kier molecular flexibility index (Phi) is 2.98. The van der Waals surface area contributed by atoms with E-state index in [0.717, 1.165) is 12.2 Å². The second-order valence-electron chi connectivity index (χ2n) is 4.99. The van der Waals surface area contributed by atoms with Crippen molar-refractivity contribution in [3.05, 3.63) is 20.7 Å². The highest BCUT2D eigenvalue weighted by molar-refractivity contribution is 7.07. The van der Waals surface area contributed by atoms with Crippen molar-refractivity contribution in [1.29, 1.82) is 0 Å². The SMILES string of the molecule is CC1(C)CCCC1NCc1csc(=O)[nH]1. The summed E-state index contributed by atoms with van der Waals surface area (Å²) in [7, 11) is 0. The first kappa shape index (κ1) is 10.9. The van der Waals surface area contributed by atoms with Crippen molar-refractivity contribution in [2.24, 2.45) is 5.41 Å². The molecule has 0 amide bonds. The van der Waals surface area contributed by atoms with Crippen molar-refractivity contribution in [3.8, 4) is 0 Å². The van der Waals surface area contributed by atoms with E-state index >= 15 is 0 Å². The van der Waals surface area contributed by atoms with Crippen LogP contribution in [0.15, 0.2) is 10.2 Å². The van der Waals surface area contributed by atoms with Crippen molar-refractivity contribution in [1.82, 2.24) is 10.3 Å². The van der Waals surface area contributed by atoms with Crippen molar-refractivity contribution in [2.75, 3.05) is 0 Å². The van der Waals surface area contributed by atoms with Crippen LogP contribution in [-0.4, -0.2) is 11.0 Å². The molecule has 1 aromatic heterocycles. The van der Waals surface area contributed by atoms with Gasteiger partial charge in [0, 0.05) is 23.7 Å². The molecule has 15 heavy (non-hydrogen) atoms. The van der Waals surface area contributed by atoms with Gasteiger partial charge < -0.3 is 10.3 Å². The second kappa shape index (κ2) is 4.10. The van der Waals surface area contributed by atoms with Crippen LogP contribution in [0.3, 0.4) is 0 Å². The number of aromatic amines is 1. The van der Waals surface area contributed by atoms with Crippen molar-refractivity contribution < 1.29 is 0 Å². The van der Waals surface area contributed by atoms with Crippen LogP contribution in [0.1, 0.15) is 38.8 Å². The number of aromatic nitrogens is 1. The third-order valence-corrected chi connectivity index (χ3v) is 4.09. The summed E-state index contributed by atoms with van der Waals surface area (Å²) in [5, 5.41) is 5.44. The first-order valence-electron chi connectivity index (χ1n) is 5.48. The summed E-state index contributed by atoms with van der Waals surface area (Å²) < 4.78 is 0. The molecule has 1 atom stereocenters. The summed E-state index contributed by atoms with van der Waals surface area (Å²) in [6.07, 6.45) is 3.86. The van der Waals surface area contributed by atoms with Crippen molar-refractivity contribution in [2.45, 2.75) is 45.7 Å². The van der Waals surface area contributed by atoms with E-state index in [2.05, 4.69) is 24.1 Å². The standard InChI is InChI=1S/C11H18N2OS/c1-11(2)5-3-4-9(11)12-6-8-7-15-10(14)13-8/h7,9,12H,3-6H2,1-2H3,(H,13,14). The Hall–Kier alpha value is -0.610. The lowest BCUT2D eigenvalue weighted by Gasteiger charge is -2.27. The normalized spacial score (nSPS) is 24.5. The van der Waals surface area contributed by atoms with Crippen LogP contribution in [0.2, 0.25) is 0 Å². The lowest BCUT2D eigenvalue weighted by Crippen LogP contribution is -2.37. The number of H-pyrrole nitrogens is 1. The molecular weight excluding hydrogens is 208 g/mol. The van der Waals surface area contributed by atoms with Crippen molar-refractivity contribution >= 4 is 11.3 Å². The first-order valence-corrected chi connectivity index (χ1v) is 6.36. The van der Waals surface area contributed by atoms with Gasteiger partial charge in [-0.05, 0) is 18.3 Å². The van der Waals surface area contributed by atoms with Crippen LogP contribution in [0, 0.1) is 5.41 Å². The maximum absolute atomic E-state index is 10.9. The molecule has 1 aromatic rings. The first-order chi connectivity index (χ1) is 7.08. The van der Waals surface area contributed by atoms with Crippen LogP contribution in [0.25, 0.3) is 0 Å². The van der Waals surface area contributed by atoms with Gasteiger partial charge in [-0.1, -0.05) is 31.6 Å². The van der Waals surface area contributed by atoms with Gasteiger partial charge in [0.15, 0.2) is 0 Å². The number of hydrogen-bond donors (Lipinski definition) is 2. The molecule has 4 heteroatoms. The Balaban J connectivity index is 1.91. The minimum absolute atomic E-state index is 0.0393. The Morgan fingerprint density at radius 2 is 2.47 bits per heavy atom. The van der Waals surface area contributed by atoms with Crippen LogP contribution in [0.4, 0.5) is 0 Å². The molecule has 0 aliphatic heterocycles. The Morgan fingerprint density at radius 1 is 1.67 bits per heavy atom. The molecule has 0 bridgehead atoms.